The van der Waals surface area contributed by atoms with Gasteiger partial charge in [0.1, 0.15) is 0 Å². The average Bonchev–Trinajstić information content (AvgIpc) is 2.80. The number of hydrogen-bond acceptors (Lipinski definition) is 3. The highest BCUT2D eigenvalue weighted by atomic mass is 16.5. The van der Waals surface area contributed by atoms with E-state index in [1.165, 1.54) is 5.57 Å². The zero-order valence-corrected chi connectivity index (χ0v) is 11.0. The number of carbonyl (C=O) groups is 2. The molecule has 0 bridgehead atoms. The van der Waals surface area contributed by atoms with Gasteiger partial charge >= 0.3 is 11.9 Å². The summed E-state index contributed by atoms with van der Waals surface area (Å²) in [7, 11) is 0. The van der Waals surface area contributed by atoms with Crippen molar-refractivity contribution >= 4 is 11.9 Å². The van der Waals surface area contributed by atoms with Gasteiger partial charge in [-0.15, -0.1) is 0 Å². The fraction of sp³-hybridized carbons (Fsp3) is 0.467. The van der Waals surface area contributed by atoms with Gasteiger partial charge in [-0.1, -0.05) is 31.2 Å². The average molecular weight is 260 g/mol. The van der Waals surface area contributed by atoms with Crippen LogP contribution in [0.2, 0.25) is 0 Å². The molecule has 0 unspecified atom stereocenters. The third kappa shape index (κ3) is 1.29. The molecule has 0 saturated carbocycles. The predicted octanol–water partition coefficient (Wildman–Crippen LogP) is 1.94. The van der Waals surface area contributed by atoms with Crippen molar-refractivity contribution < 1.29 is 19.4 Å². The molecule has 0 aromatic heterocycles. The van der Waals surface area contributed by atoms with Gasteiger partial charge in [0.15, 0.2) is 0 Å². The first-order valence-corrected chi connectivity index (χ1v) is 6.40. The molecule has 1 saturated heterocycles. The Labute approximate surface area is 111 Å². The van der Waals surface area contributed by atoms with Crippen LogP contribution in [0.3, 0.4) is 0 Å². The van der Waals surface area contributed by atoms with Crippen LogP contribution in [0.15, 0.2) is 35.5 Å². The van der Waals surface area contributed by atoms with Gasteiger partial charge in [0.05, 0.1) is 6.61 Å². The first-order chi connectivity index (χ1) is 8.89. The lowest BCUT2D eigenvalue weighted by Crippen LogP contribution is -2.43. The maximum Gasteiger partial charge on any atom is 0.334 e. The van der Waals surface area contributed by atoms with Crippen LogP contribution in [0.25, 0.3) is 0 Å². The number of esters is 1. The summed E-state index contributed by atoms with van der Waals surface area (Å²) in [6.45, 7) is 8.11. The van der Waals surface area contributed by atoms with Crippen LogP contribution in [-0.2, 0) is 14.3 Å². The number of allylic oxidation sites excluding steroid dienone is 3. The van der Waals surface area contributed by atoms with Crippen molar-refractivity contribution in [3.05, 3.63) is 35.5 Å². The zero-order chi connectivity index (χ0) is 13.9. The lowest BCUT2D eigenvalue weighted by atomic mass is 9.65. The Bertz CT molecular complexity index is 569. The minimum atomic E-state index is -0.928. The van der Waals surface area contributed by atoms with Gasteiger partial charge in [0.2, 0.25) is 0 Å². The molecule has 3 aliphatic rings. The van der Waals surface area contributed by atoms with Gasteiger partial charge in [-0.25, -0.2) is 9.59 Å². The van der Waals surface area contributed by atoms with Crippen molar-refractivity contribution in [2.75, 3.05) is 6.61 Å². The number of hydrogen-bond donors (Lipinski definition) is 1. The van der Waals surface area contributed by atoms with Gasteiger partial charge in [-0.2, -0.15) is 0 Å². The number of aliphatic carboxylic acids is 1. The number of carboxylic acids is 1. The monoisotopic (exact) mass is 260 g/mol. The van der Waals surface area contributed by atoms with Crippen LogP contribution in [0.4, 0.5) is 0 Å². The van der Waals surface area contributed by atoms with E-state index in [2.05, 4.69) is 13.5 Å². The SMILES string of the molecule is C=C1C(=O)OC[C@@H]2C(C(=O)O)=C[C@@H]3[C@@H](C)C(C)=C[C@@]123. The first kappa shape index (κ1) is 12.2. The number of carboxylic acid groups (broad SMARTS) is 1. The van der Waals surface area contributed by atoms with Crippen molar-refractivity contribution in [2.24, 2.45) is 23.2 Å². The molecule has 4 atom stereocenters. The second-order valence-electron chi connectivity index (χ2n) is 5.69. The van der Waals surface area contributed by atoms with Gasteiger partial charge in [0.25, 0.3) is 0 Å². The third-order valence-electron chi connectivity index (χ3n) is 4.98. The molecule has 3 rings (SSSR count). The second kappa shape index (κ2) is 3.59. The van der Waals surface area contributed by atoms with Crippen LogP contribution >= 0.6 is 0 Å². The van der Waals surface area contributed by atoms with Crippen LogP contribution in [-0.4, -0.2) is 23.7 Å². The van der Waals surface area contributed by atoms with Gasteiger partial charge in [-0.05, 0) is 18.8 Å². The van der Waals surface area contributed by atoms with E-state index in [1.807, 2.05) is 13.0 Å². The Morgan fingerprint density at radius 1 is 1.58 bits per heavy atom. The summed E-state index contributed by atoms with van der Waals surface area (Å²) in [5.74, 6) is -1.41. The number of carbonyl (C=O) groups excluding carboxylic acids is 1. The first-order valence-electron chi connectivity index (χ1n) is 6.40. The van der Waals surface area contributed by atoms with E-state index < -0.39 is 17.4 Å². The maximum absolute atomic E-state index is 11.8. The molecule has 0 aromatic rings. The Hall–Kier alpha value is -1.84. The predicted molar refractivity (Wildman–Crippen MR) is 68.2 cm³/mol. The molecule has 100 valence electrons. The number of cyclic esters (lactones) is 1. The Balaban J connectivity index is 2.18. The summed E-state index contributed by atoms with van der Waals surface area (Å²) in [4.78, 5) is 23.2. The fourth-order valence-corrected chi connectivity index (χ4v) is 3.85. The normalized spacial score (nSPS) is 40.2. The smallest absolute Gasteiger partial charge is 0.334 e. The Morgan fingerprint density at radius 2 is 2.26 bits per heavy atom. The van der Waals surface area contributed by atoms with Crippen molar-refractivity contribution in [1.29, 1.82) is 0 Å². The summed E-state index contributed by atoms with van der Waals surface area (Å²) >= 11 is 0. The molecule has 1 spiro atoms. The summed E-state index contributed by atoms with van der Waals surface area (Å²) in [5, 5.41) is 9.35. The second-order valence-corrected chi connectivity index (χ2v) is 5.69. The quantitative estimate of drug-likeness (QED) is 0.444. The fourth-order valence-electron chi connectivity index (χ4n) is 3.85. The van der Waals surface area contributed by atoms with Crippen LogP contribution < -0.4 is 0 Å². The molecule has 1 aliphatic heterocycles. The minimum absolute atomic E-state index is 0.00366. The maximum atomic E-state index is 11.8. The molecule has 1 fully saturated rings. The summed E-state index contributed by atoms with van der Waals surface area (Å²) in [5.41, 5.74) is 1.36. The zero-order valence-electron chi connectivity index (χ0n) is 11.0. The van der Waals surface area contributed by atoms with Crippen LogP contribution in [0.5, 0.6) is 0 Å². The Morgan fingerprint density at radius 3 is 2.89 bits per heavy atom. The topological polar surface area (TPSA) is 63.6 Å². The van der Waals surface area contributed by atoms with Gasteiger partial charge in [-0.3, -0.25) is 0 Å². The van der Waals surface area contributed by atoms with E-state index in [0.29, 0.717) is 11.1 Å². The molecule has 0 aromatic carbocycles. The van der Waals surface area contributed by atoms with E-state index in [1.54, 1.807) is 6.08 Å². The van der Waals surface area contributed by atoms with E-state index in [0.717, 1.165) is 0 Å². The third-order valence-corrected chi connectivity index (χ3v) is 4.98. The molecule has 2 aliphatic carbocycles. The Kier molecular flexibility index (Phi) is 2.31. The molecule has 1 N–H and O–H groups in total. The molecular weight excluding hydrogens is 244 g/mol. The lowest BCUT2D eigenvalue weighted by Gasteiger charge is -2.40. The van der Waals surface area contributed by atoms with Crippen molar-refractivity contribution in [2.45, 2.75) is 13.8 Å². The number of rotatable bonds is 1. The number of ether oxygens (including phenoxy) is 1. The highest BCUT2D eigenvalue weighted by molar-refractivity contribution is 5.95. The highest BCUT2D eigenvalue weighted by Crippen LogP contribution is 2.62. The van der Waals surface area contributed by atoms with Crippen molar-refractivity contribution in [3.63, 3.8) is 0 Å². The van der Waals surface area contributed by atoms with Crippen molar-refractivity contribution in [1.82, 2.24) is 0 Å². The van der Waals surface area contributed by atoms with Crippen molar-refractivity contribution in [3.8, 4) is 0 Å². The van der Waals surface area contributed by atoms with Gasteiger partial charge < -0.3 is 9.84 Å². The summed E-state index contributed by atoms with van der Waals surface area (Å²) in [6.07, 6.45) is 3.85. The molecule has 1 heterocycles. The largest absolute Gasteiger partial charge is 0.478 e. The summed E-state index contributed by atoms with van der Waals surface area (Å²) in [6, 6.07) is 0. The molecule has 19 heavy (non-hydrogen) atoms. The molecule has 0 radical (unpaired) electrons. The molecule has 4 heteroatoms. The van der Waals surface area contributed by atoms with E-state index >= 15 is 0 Å². The molecular formula is C15H16O4. The minimum Gasteiger partial charge on any atom is -0.478 e. The summed E-state index contributed by atoms with van der Waals surface area (Å²) < 4.78 is 5.09. The van der Waals surface area contributed by atoms with Gasteiger partial charge in [0, 0.05) is 22.5 Å². The lowest BCUT2D eigenvalue weighted by molar-refractivity contribution is -0.148. The van der Waals surface area contributed by atoms with E-state index in [4.69, 9.17) is 4.74 Å². The molecule has 4 nitrogen and oxygen atoms in total. The van der Waals surface area contributed by atoms with Crippen LogP contribution in [0, 0.1) is 23.2 Å². The molecule has 0 amide bonds. The van der Waals surface area contributed by atoms with E-state index in [-0.39, 0.29) is 24.4 Å². The standard InChI is InChI=1S/C15H16O4/c1-7-5-15-9(3)14(18)19-6-12(15)10(13(16)17)4-11(15)8(7)2/h4-5,8,11-12H,3,6H2,1-2H3,(H,16,17)/t8-,11+,12+,15-/m0/s1. The van der Waals surface area contributed by atoms with Crippen LogP contribution in [0.1, 0.15) is 13.8 Å². The van der Waals surface area contributed by atoms with E-state index in [9.17, 15) is 14.7 Å². The highest BCUT2D eigenvalue weighted by Gasteiger charge is 2.61.